The number of imidazole rings is 1. The van der Waals surface area contributed by atoms with Gasteiger partial charge in [0.05, 0.1) is 25.7 Å². The third-order valence-corrected chi connectivity index (χ3v) is 4.09. The zero-order chi connectivity index (χ0) is 15.2. The van der Waals surface area contributed by atoms with Crippen LogP contribution in [0.25, 0.3) is 11.2 Å². The number of hydrogen-bond acceptors (Lipinski definition) is 6. The lowest BCUT2D eigenvalue weighted by Gasteiger charge is -2.40. The second-order valence-corrected chi connectivity index (χ2v) is 5.70. The number of aryl methyl sites for hydroxylation is 1. The molecule has 22 heavy (non-hydrogen) atoms. The van der Waals surface area contributed by atoms with Crippen molar-refractivity contribution in [3.63, 3.8) is 0 Å². The van der Waals surface area contributed by atoms with Crippen molar-refractivity contribution in [2.45, 2.75) is 12.5 Å². The van der Waals surface area contributed by atoms with Crippen molar-refractivity contribution in [3.8, 4) is 0 Å². The maximum atomic E-state index is 6.05. The lowest BCUT2D eigenvalue weighted by molar-refractivity contribution is -0.0467. The summed E-state index contributed by atoms with van der Waals surface area (Å²) in [5.74, 6) is 0.862. The van der Waals surface area contributed by atoms with Crippen LogP contribution in [0.1, 0.15) is 12.5 Å². The van der Waals surface area contributed by atoms with E-state index in [0.29, 0.717) is 18.8 Å². The molecule has 1 aliphatic heterocycles. The van der Waals surface area contributed by atoms with Crippen molar-refractivity contribution >= 4 is 17.0 Å². The van der Waals surface area contributed by atoms with E-state index in [9.17, 15) is 0 Å². The van der Waals surface area contributed by atoms with E-state index in [4.69, 9.17) is 4.74 Å². The van der Waals surface area contributed by atoms with Crippen molar-refractivity contribution in [2.75, 3.05) is 24.6 Å². The number of fused-ring (bicyclic) bond motifs is 1. The number of anilines is 1. The lowest BCUT2D eigenvalue weighted by atomic mass is 9.97. The van der Waals surface area contributed by atoms with Gasteiger partial charge in [0.2, 0.25) is 0 Å². The quantitative estimate of drug-likeness (QED) is 0.755. The predicted octanol–water partition coefficient (Wildman–Crippen LogP) is 0.838. The monoisotopic (exact) mass is 299 g/mol. The van der Waals surface area contributed by atoms with Crippen LogP contribution in [0.15, 0.2) is 25.0 Å². The van der Waals surface area contributed by atoms with Crippen LogP contribution in [-0.4, -0.2) is 49.4 Å². The Kier molecular flexibility index (Phi) is 2.86. The van der Waals surface area contributed by atoms with E-state index >= 15 is 0 Å². The predicted molar refractivity (Wildman–Crippen MR) is 80.4 cm³/mol. The molecule has 1 atom stereocenters. The van der Waals surface area contributed by atoms with Gasteiger partial charge in [-0.3, -0.25) is 4.68 Å². The van der Waals surface area contributed by atoms with Gasteiger partial charge < -0.3 is 14.6 Å². The van der Waals surface area contributed by atoms with Crippen molar-refractivity contribution < 1.29 is 4.74 Å². The molecule has 0 unspecified atom stereocenters. The average Bonchev–Trinajstić information content (AvgIpc) is 3.15. The van der Waals surface area contributed by atoms with Gasteiger partial charge in [-0.05, 0) is 6.92 Å². The SMILES string of the molecule is Cn1cc([C@@]2(C)CN(c3ncnc4nc[nH]c34)CCO2)cn1. The van der Waals surface area contributed by atoms with Crippen molar-refractivity contribution in [2.24, 2.45) is 7.05 Å². The Morgan fingerprint density at radius 3 is 3.05 bits per heavy atom. The molecular weight excluding hydrogens is 282 g/mol. The number of nitrogens with zero attached hydrogens (tertiary/aromatic N) is 6. The summed E-state index contributed by atoms with van der Waals surface area (Å²) in [6, 6.07) is 0. The van der Waals surface area contributed by atoms with Crippen LogP contribution in [0.2, 0.25) is 0 Å². The maximum absolute atomic E-state index is 6.05. The molecule has 1 N–H and O–H groups in total. The van der Waals surface area contributed by atoms with Gasteiger partial charge >= 0.3 is 0 Å². The first kappa shape index (κ1) is 13.2. The first-order valence-corrected chi connectivity index (χ1v) is 7.18. The minimum Gasteiger partial charge on any atom is -0.367 e. The standard InChI is InChI=1S/C14H17N7O/c1-14(10-5-19-20(2)6-10)7-21(3-4-22-14)13-11-12(16-8-15-11)17-9-18-13/h5-6,8-9H,3-4,7H2,1-2H3,(H,15,16,17,18)/t14-/m1/s1. The largest absolute Gasteiger partial charge is 0.367 e. The molecule has 8 heteroatoms. The first-order valence-electron chi connectivity index (χ1n) is 7.18. The molecule has 114 valence electrons. The highest BCUT2D eigenvalue weighted by Crippen LogP contribution is 2.32. The minimum absolute atomic E-state index is 0.413. The number of nitrogens with one attached hydrogen (secondary N) is 1. The van der Waals surface area contributed by atoms with E-state index in [2.05, 4.69) is 36.9 Å². The Bertz CT molecular complexity index is 810. The molecule has 1 saturated heterocycles. The van der Waals surface area contributed by atoms with E-state index in [-0.39, 0.29) is 0 Å². The first-order chi connectivity index (χ1) is 10.7. The molecule has 0 bridgehead atoms. The van der Waals surface area contributed by atoms with Gasteiger partial charge in [0.25, 0.3) is 0 Å². The zero-order valence-electron chi connectivity index (χ0n) is 12.5. The number of rotatable bonds is 2. The fraction of sp³-hybridized carbons (Fsp3) is 0.429. The van der Waals surface area contributed by atoms with Crippen molar-refractivity contribution in [1.82, 2.24) is 29.7 Å². The second kappa shape index (κ2) is 4.77. The number of aromatic nitrogens is 6. The number of ether oxygens (including phenoxy) is 1. The highest BCUT2D eigenvalue weighted by atomic mass is 16.5. The summed E-state index contributed by atoms with van der Waals surface area (Å²) in [6.07, 6.45) is 7.05. The molecule has 4 rings (SSSR count). The van der Waals surface area contributed by atoms with Crippen LogP contribution in [0.4, 0.5) is 5.82 Å². The van der Waals surface area contributed by atoms with Gasteiger partial charge in [0, 0.05) is 25.4 Å². The van der Waals surface area contributed by atoms with E-state index in [0.717, 1.165) is 23.4 Å². The summed E-state index contributed by atoms with van der Waals surface area (Å²) in [4.78, 5) is 18.1. The van der Waals surface area contributed by atoms with E-state index in [1.165, 1.54) is 0 Å². The van der Waals surface area contributed by atoms with E-state index < -0.39 is 5.60 Å². The molecule has 3 aromatic heterocycles. The summed E-state index contributed by atoms with van der Waals surface area (Å²) < 4.78 is 7.84. The fourth-order valence-electron chi connectivity index (χ4n) is 2.91. The maximum Gasteiger partial charge on any atom is 0.182 e. The molecule has 0 amide bonds. The topological polar surface area (TPSA) is 84.8 Å². The van der Waals surface area contributed by atoms with E-state index in [1.807, 2.05) is 19.4 Å². The molecule has 0 aliphatic carbocycles. The van der Waals surface area contributed by atoms with Crippen LogP contribution >= 0.6 is 0 Å². The molecule has 0 spiro atoms. The molecular formula is C14H17N7O. The van der Waals surface area contributed by atoms with Crippen LogP contribution in [0.5, 0.6) is 0 Å². The average molecular weight is 299 g/mol. The molecule has 0 aromatic carbocycles. The molecule has 4 heterocycles. The Morgan fingerprint density at radius 2 is 2.23 bits per heavy atom. The summed E-state index contributed by atoms with van der Waals surface area (Å²) >= 11 is 0. The van der Waals surface area contributed by atoms with Crippen molar-refractivity contribution in [3.05, 3.63) is 30.6 Å². The number of hydrogen-bond donors (Lipinski definition) is 1. The number of H-pyrrole nitrogens is 1. The molecule has 1 aliphatic rings. The Hall–Kier alpha value is -2.48. The molecule has 8 nitrogen and oxygen atoms in total. The Labute approximate surface area is 127 Å². The van der Waals surface area contributed by atoms with Gasteiger partial charge in [0.15, 0.2) is 11.5 Å². The fourth-order valence-corrected chi connectivity index (χ4v) is 2.91. The third-order valence-electron chi connectivity index (χ3n) is 4.09. The smallest absolute Gasteiger partial charge is 0.182 e. The number of aromatic amines is 1. The highest BCUT2D eigenvalue weighted by Gasteiger charge is 2.36. The highest BCUT2D eigenvalue weighted by molar-refractivity contribution is 5.82. The third kappa shape index (κ3) is 2.03. The Balaban J connectivity index is 1.70. The van der Waals surface area contributed by atoms with Crippen LogP contribution in [0, 0.1) is 0 Å². The van der Waals surface area contributed by atoms with Gasteiger partial charge in [-0.15, -0.1) is 0 Å². The minimum atomic E-state index is -0.413. The molecule has 1 fully saturated rings. The molecule has 0 radical (unpaired) electrons. The van der Waals surface area contributed by atoms with Gasteiger partial charge in [-0.1, -0.05) is 0 Å². The summed E-state index contributed by atoms with van der Waals surface area (Å²) in [6.45, 7) is 4.19. The Morgan fingerprint density at radius 1 is 1.32 bits per heavy atom. The van der Waals surface area contributed by atoms with Crippen molar-refractivity contribution in [1.29, 1.82) is 0 Å². The van der Waals surface area contributed by atoms with Gasteiger partial charge in [-0.2, -0.15) is 5.10 Å². The molecule has 3 aromatic rings. The van der Waals surface area contributed by atoms with Crippen LogP contribution < -0.4 is 4.90 Å². The van der Waals surface area contributed by atoms with E-state index in [1.54, 1.807) is 17.3 Å². The van der Waals surface area contributed by atoms with Crippen LogP contribution in [0.3, 0.4) is 0 Å². The van der Waals surface area contributed by atoms with Gasteiger partial charge in [-0.25, -0.2) is 15.0 Å². The summed E-state index contributed by atoms with van der Waals surface area (Å²) in [5, 5.41) is 4.25. The number of morpholine rings is 1. The lowest BCUT2D eigenvalue weighted by Crippen LogP contribution is -2.48. The molecule has 0 saturated carbocycles. The summed E-state index contributed by atoms with van der Waals surface area (Å²) in [5.41, 5.74) is 2.19. The second-order valence-electron chi connectivity index (χ2n) is 5.70. The summed E-state index contributed by atoms with van der Waals surface area (Å²) in [7, 11) is 1.91. The van der Waals surface area contributed by atoms with Crippen LogP contribution in [-0.2, 0) is 17.4 Å². The zero-order valence-corrected chi connectivity index (χ0v) is 12.5. The normalized spacial score (nSPS) is 22.4. The van der Waals surface area contributed by atoms with Gasteiger partial charge in [0.1, 0.15) is 17.4 Å².